The maximum Gasteiger partial charge on any atom is 0.324 e. The van der Waals surface area contributed by atoms with E-state index in [4.69, 9.17) is 4.52 Å². The molecule has 2 rings (SSSR count). The standard InChI is InChI=1S/C15H19N3O4S/c1-10(2)23(20,21)9-12-4-6-13(7-5-12)16-15(19)17-14-8-11(3)22-18-14/h4-8,10H,9H2,1-3H3,(H2,16,17,18,19). The van der Waals surface area contributed by atoms with Crippen LogP contribution in [0, 0.1) is 6.92 Å². The van der Waals surface area contributed by atoms with Gasteiger partial charge in [-0.2, -0.15) is 0 Å². The van der Waals surface area contributed by atoms with E-state index in [0.29, 0.717) is 22.8 Å². The van der Waals surface area contributed by atoms with E-state index in [0.717, 1.165) is 0 Å². The number of aryl methyl sites for hydroxylation is 1. The van der Waals surface area contributed by atoms with Crippen molar-refractivity contribution in [3.8, 4) is 0 Å². The molecule has 0 aliphatic rings. The van der Waals surface area contributed by atoms with Crippen LogP contribution in [-0.2, 0) is 15.6 Å². The fourth-order valence-electron chi connectivity index (χ4n) is 1.79. The van der Waals surface area contributed by atoms with Crippen LogP contribution in [0.5, 0.6) is 0 Å². The Labute approximate surface area is 135 Å². The lowest BCUT2D eigenvalue weighted by molar-refractivity contribution is 0.262. The van der Waals surface area contributed by atoms with Gasteiger partial charge in [0.1, 0.15) is 5.76 Å². The maximum absolute atomic E-state index is 11.9. The third-order valence-corrected chi connectivity index (χ3v) is 5.34. The minimum atomic E-state index is -3.14. The summed E-state index contributed by atoms with van der Waals surface area (Å²) in [6, 6.07) is 7.80. The average Bonchev–Trinajstić information content (AvgIpc) is 2.85. The van der Waals surface area contributed by atoms with Gasteiger partial charge < -0.3 is 9.84 Å². The van der Waals surface area contributed by atoms with Crippen molar-refractivity contribution in [3.05, 3.63) is 41.7 Å². The Hall–Kier alpha value is -2.35. The van der Waals surface area contributed by atoms with E-state index in [9.17, 15) is 13.2 Å². The zero-order valence-electron chi connectivity index (χ0n) is 13.2. The molecule has 0 saturated carbocycles. The van der Waals surface area contributed by atoms with Gasteiger partial charge in [0.2, 0.25) is 0 Å². The van der Waals surface area contributed by atoms with Crippen LogP contribution in [0.15, 0.2) is 34.9 Å². The zero-order valence-corrected chi connectivity index (χ0v) is 14.0. The van der Waals surface area contributed by atoms with Gasteiger partial charge in [-0.3, -0.25) is 5.32 Å². The number of urea groups is 1. The third-order valence-electron chi connectivity index (χ3n) is 3.17. The molecule has 7 nitrogen and oxygen atoms in total. The van der Waals surface area contributed by atoms with E-state index in [1.807, 2.05) is 0 Å². The van der Waals surface area contributed by atoms with Crippen molar-refractivity contribution >= 4 is 27.4 Å². The highest BCUT2D eigenvalue weighted by atomic mass is 32.2. The van der Waals surface area contributed by atoms with Gasteiger partial charge in [-0.05, 0) is 38.5 Å². The minimum absolute atomic E-state index is 0.0185. The summed E-state index contributed by atoms with van der Waals surface area (Å²) in [6.45, 7) is 5.03. The first-order chi connectivity index (χ1) is 10.8. The highest BCUT2D eigenvalue weighted by molar-refractivity contribution is 7.91. The first kappa shape index (κ1) is 17.0. The number of amides is 2. The van der Waals surface area contributed by atoms with E-state index < -0.39 is 21.1 Å². The largest absolute Gasteiger partial charge is 0.360 e. The van der Waals surface area contributed by atoms with Gasteiger partial charge in [0.15, 0.2) is 15.7 Å². The Morgan fingerprint density at radius 3 is 2.39 bits per heavy atom. The number of rotatable bonds is 5. The van der Waals surface area contributed by atoms with Crippen molar-refractivity contribution in [1.82, 2.24) is 5.16 Å². The summed E-state index contributed by atoms with van der Waals surface area (Å²) in [4.78, 5) is 11.8. The van der Waals surface area contributed by atoms with Gasteiger partial charge in [0, 0.05) is 11.8 Å². The van der Waals surface area contributed by atoms with Crippen LogP contribution < -0.4 is 10.6 Å². The second-order valence-electron chi connectivity index (χ2n) is 5.45. The van der Waals surface area contributed by atoms with Crippen LogP contribution in [0.3, 0.4) is 0 Å². The normalized spacial score (nSPS) is 11.5. The first-order valence-corrected chi connectivity index (χ1v) is 8.79. The van der Waals surface area contributed by atoms with Gasteiger partial charge in [0.05, 0.1) is 11.0 Å². The van der Waals surface area contributed by atoms with Crippen LogP contribution in [0.2, 0.25) is 0 Å². The van der Waals surface area contributed by atoms with Gasteiger partial charge in [0.25, 0.3) is 0 Å². The summed E-state index contributed by atoms with van der Waals surface area (Å²) in [6.07, 6.45) is 0. The molecule has 0 aliphatic heterocycles. The Morgan fingerprint density at radius 2 is 1.87 bits per heavy atom. The highest BCUT2D eigenvalue weighted by Crippen LogP contribution is 2.15. The van der Waals surface area contributed by atoms with Gasteiger partial charge in [-0.15, -0.1) is 0 Å². The monoisotopic (exact) mass is 337 g/mol. The molecule has 0 bridgehead atoms. The SMILES string of the molecule is Cc1cc(NC(=O)Nc2ccc(CS(=O)(=O)C(C)C)cc2)no1. The highest BCUT2D eigenvalue weighted by Gasteiger charge is 2.16. The number of sulfone groups is 1. The van der Waals surface area contributed by atoms with Crippen molar-refractivity contribution in [3.63, 3.8) is 0 Å². The molecule has 8 heteroatoms. The Kier molecular flexibility index (Phi) is 5.05. The molecule has 2 amide bonds. The molecule has 124 valence electrons. The van der Waals surface area contributed by atoms with E-state index in [1.54, 1.807) is 51.1 Å². The molecule has 0 spiro atoms. The molecule has 1 aromatic carbocycles. The fraction of sp³-hybridized carbons (Fsp3) is 0.333. The topological polar surface area (TPSA) is 101 Å². The quantitative estimate of drug-likeness (QED) is 0.873. The van der Waals surface area contributed by atoms with Crippen molar-refractivity contribution in [1.29, 1.82) is 0 Å². The number of nitrogens with zero attached hydrogens (tertiary/aromatic N) is 1. The Balaban J connectivity index is 1.96. The van der Waals surface area contributed by atoms with Crippen molar-refractivity contribution < 1.29 is 17.7 Å². The number of hydrogen-bond donors (Lipinski definition) is 2. The van der Waals surface area contributed by atoms with Crippen LogP contribution >= 0.6 is 0 Å². The second-order valence-corrected chi connectivity index (χ2v) is 8.01. The van der Waals surface area contributed by atoms with Gasteiger partial charge in [-0.1, -0.05) is 17.3 Å². The molecule has 0 aliphatic carbocycles. The Morgan fingerprint density at radius 1 is 1.22 bits per heavy atom. The van der Waals surface area contributed by atoms with E-state index >= 15 is 0 Å². The number of carbonyl (C=O) groups is 1. The zero-order chi connectivity index (χ0) is 17.0. The van der Waals surface area contributed by atoms with E-state index in [-0.39, 0.29) is 5.75 Å². The van der Waals surface area contributed by atoms with Crippen LogP contribution in [0.1, 0.15) is 25.2 Å². The van der Waals surface area contributed by atoms with E-state index in [1.165, 1.54) is 0 Å². The first-order valence-electron chi connectivity index (χ1n) is 7.08. The summed E-state index contributed by atoms with van der Waals surface area (Å²) in [5, 5.41) is 8.39. The smallest absolute Gasteiger partial charge is 0.324 e. The predicted octanol–water partition coefficient (Wildman–Crippen LogP) is 2.95. The maximum atomic E-state index is 11.9. The third kappa shape index (κ3) is 4.82. The van der Waals surface area contributed by atoms with Crippen molar-refractivity contribution in [2.45, 2.75) is 31.8 Å². The minimum Gasteiger partial charge on any atom is -0.360 e. The number of aromatic nitrogens is 1. The molecule has 1 aromatic heterocycles. The number of anilines is 2. The van der Waals surface area contributed by atoms with Gasteiger partial charge in [-0.25, -0.2) is 13.2 Å². The molecule has 0 saturated heterocycles. The summed E-state index contributed by atoms with van der Waals surface area (Å²) in [5.41, 5.74) is 1.23. The van der Waals surface area contributed by atoms with Crippen LogP contribution in [0.4, 0.5) is 16.3 Å². The Bertz CT molecular complexity index is 779. The fourth-order valence-corrected chi connectivity index (χ4v) is 2.78. The molecule has 0 atom stereocenters. The molecule has 23 heavy (non-hydrogen) atoms. The summed E-state index contributed by atoms with van der Waals surface area (Å²) in [7, 11) is -3.14. The molecule has 1 heterocycles. The average molecular weight is 337 g/mol. The van der Waals surface area contributed by atoms with Crippen LogP contribution in [0.25, 0.3) is 0 Å². The summed E-state index contributed by atoms with van der Waals surface area (Å²) in [5.74, 6) is 0.894. The molecule has 2 aromatic rings. The van der Waals surface area contributed by atoms with E-state index in [2.05, 4.69) is 15.8 Å². The lowest BCUT2D eigenvalue weighted by Gasteiger charge is -2.09. The van der Waals surface area contributed by atoms with Crippen LogP contribution in [-0.4, -0.2) is 24.9 Å². The second kappa shape index (κ2) is 6.82. The molecular weight excluding hydrogens is 318 g/mol. The number of hydrogen-bond acceptors (Lipinski definition) is 5. The lowest BCUT2D eigenvalue weighted by Crippen LogP contribution is -2.19. The molecule has 0 unspecified atom stereocenters. The number of benzene rings is 1. The molecular formula is C15H19N3O4S. The molecule has 0 fully saturated rings. The number of nitrogens with one attached hydrogen (secondary N) is 2. The van der Waals surface area contributed by atoms with Crippen molar-refractivity contribution in [2.24, 2.45) is 0 Å². The number of carbonyl (C=O) groups excluding carboxylic acids is 1. The summed E-state index contributed by atoms with van der Waals surface area (Å²) < 4.78 is 28.6. The van der Waals surface area contributed by atoms with Crippen molar-refractivity contribution in [2.75, 3.05) is 10.6 Å². The summed E-state index contributed by atoms with van der Waals surface area (Å²) >= 11 is 0. The lowest BCUT2D eigenvalue weighted by atomic mass is 10.2. The molecule has 2 N–H and O–H groups in total. The molecule has 0 radical (unpaired) electrons. The van der Waals surface area contributed by atoms with Gasteiger partial charge >= 0.3 is 6.03 Å². The predicted molar refractivity (Wildman–Crippen MR) is 88.1 cm³/mol.